The number of hydrogen-bond donors (Lipinski definition) is 2. The lowest BCUT2D eigenvalue weighted by Crippen LogP contribution is -2.40. The van der Waals surface area contributed by atoms with Crippen molar-refractivity contribution in [2.24, 2.45) is 5.41 Å². The molecule has 2 heterocycles. The Bertz CT molecular complexity index is 598. The van der Waals surface area contributed by atoms with Crippen molar-refractivity contribution in [3.63, 3.8) is 0 Å². The molecule has 1 aromatic heterocycles. The summed E-state index contributed by atoms with van der Waals surface area (Å²) in [6, 6.07) is 1.43. The molecule has 2 N–H and O–H groups in total. The Morgan fingerprint density at radius 1 is 1.30 bits per heavy atom. The van der Waals surface area contributed by atoms with Crippen molar-refractivity contribution in [2.45, 2.75) is 40.2 Å². The third kappa shape index (κ3) is 2.26. The van der Waals surface area contributed by atoms with Gasteiger partial charge in [0.15, 0.2) is 5.43 Å². The molecule has 0 spiro atoms. The summed E-state index contributed by atoms with van der Waals surface area (Å²) in [6.07, 6.45) is 0. The first-order valence-electron chi connectivity index (χ1n) is 6.77. The van der Waals surface area contributed by atoms with Crippen molar-refractivity contribution in [3.8, 4) is 0 Å². The average Bonchev–Trinajstić information content (AvgIpc) is 2.46. The van der Waals surface area contributed by atoms with Crippen molar-refractivity contribution in [1.29, 1.82) is 0 Å². The minimum absolute atomic E-state index is 0.170. The maximum Gasteiger partial charge on any atom is 0.259 e. The molecule has 0 aromatic carbocycles. The number of aromatic amines is 1. The zero-order valence-electron chi connectivity index (χ0n) is 12.7. The number of aryl methyl sites for hydroxylation is 2. The first kappa shape index (κ1) is 14.8. The Morgan fingerprint density at radius 3 is 2.35 bits per heavy atom. The van der Waals surface area contributed by atoms with Gasteiger partial charge >= 0.3 is 0 Å². The highest BCUT2D eigenvalue weighted by Crippen LogP contribution is 2.38. The Labute approximate surface area is 118 Å². The van der Waals surface area contributed by atoms with E-state index in [1.165, 1.54) is 6.07 Å². The van der Waals surface area contributed by atoms with E-state index in [4.69, 9.17) is 0 Å². The third-order valence-corrected chi connectivity index (χ3v) is 4.40. The van der Waals surface area contributed by atoms with Gasteiger partial charge in [0.05, 0.1) is 12.1 Å². The second kappa shape index (κ2) is 4.45. The number of likely N-dealkylation sites (tertiary alicyclic amines) is 1. The molecule has 1 aliphatic rings. The molecule has 1 saturated heterocycles. The van der Waals surface area contributed by atoms with E-state index in [9.17, 15) is 14.7 Å². The second-order valence-corrected chi connectivity index (χ2v) is 6.64. The lowest BCUT2D eigenvalue weighted by Gasteiger charge is -2.30. The molecule has 1 atom stereocenters. The van der Waals surface area contributed by atoms with Crippen LogP contribution < -0.4 is 5.43 Å². The van der Waals surface area contributed by atoms with E-state index in [2.05, 4.69) is 4.98 Å². The van der Waals surface area contributed by atoms with Crippen LogP contribution in [0.4, 0.5) is 0 Å². The van der Waals surface area contributed by atoms with Gasteiger partial charge in [-0.15, -0.1) is 0 Å². The largest absolute Gasteiger partial charge is 0.388 e. The van der Waals surface area contributed by atoms with Gasteiger partial charge in [0.25, 0.3) is 5.91 Å². The summed E-state index contributed by atoms with van der Waals surface area (Å²) >= 11 is 0. The number of H-pyrrole nitrogens is 1. The van der Waals surface area contributed by atoms with Gasteiger partial charge in [-0.3, -0.25) is 9.59 Å². The zero-order chi connectivity index (χ0) is 15.3. The Kier molecular flexibility index (Phi) is 3.29. The fraction of sp³-hybridized carbons (Fsp3) is 0.600. The summed E-state index contributed by atoms with van der Waals surface area (Å²) < 4.78 is 0. The summed E-state index contributed by atoms with van der Waals surface area (Å²) in [5.74, 6) is -0.311. The molecule has 2 rings (SSSR count). The van der Waals surface area contributed by atoms with E-state index >= 15 is 0 Å². The van der Waals surface area contributed by atoms with Gasteiger partial charge in [-0.1, -0.05) is 13.8 Å². The van der Waals surface area contributed by atoms with Crippen molar-refractivity contribution in [3.05, 3.63) is 33.2 Å². The van der Waals surface area contributed by atoms with Crippen LogP contribution in [0.15, 0.2) is 10.9 Å². The molecule has 1 aliphatic heterocycles. The molecule has 1 aromatic rings. The predicted molar refractivity (Wildman–Crippen MR) is 76.8 cm³/mol. The number of amides is 1. The first-order valence-corrected chi connectivity index (χ1v) is 6.77. The molecule has 1 amide bonds. The topological polar surface area (TPSA) is 73.4 Å². The number of β-amino-alcohol motifs (C(OH)–C–C–N with tert-alkyl or cyclic N) is 1. The van der Waals surface area contributed by atoms with Gasteiger partial charge in [-0.05, 0) is 20.8 Å². The van der Waals surface area contributed by atoms with Crippen LogP contribution in [0.2, 0.25) is 0 Å². The van der Waals surface area contributed by atoms with Crippen LogP contribution in [0.25, 0.3) is 0 Å². The maximum atomic E-state index is 12.6. The quantitative estimate of drug-likeness (QED) is 0.811. The summed E-state index contributed by atoms with van der Waals surface area (Å²) in [4.78, 5) is 29.2. The van der Waals surface area contributed by atoms with E-state index in [0.29, 0.717) is 12.2 Å². The normalized spacial score (nSPS) is 25.0. The van der Waals surface area contributed by atoms with Crippen molar-refractivity contribution in [1.82, 2.24) is 9.88 Å². The smallest absolute Gasteiger partial charge is 0.259 e. The van der Waals surface area contributed by atoms with Crippen molar-refractivity contribution < 1.29 is 9.90 Å². The van der Waals surface area contributed by atoms with E-state index in [-0.39, 0.29) is 23.4 Å². The van der Waals surface area contributed by atoms with E-state index < -0.39 is 11.0 Å². The summed E-state index contributed by atoms with van der Waals surface area (Å²) in [7, 11) is 0. The first-order chi connectivity index (χ1) is 9.05. The molecule has 0 aliphatic carbocycles. The number of nitrogens with zero attached hydrogens (tertiary/aromatic N) is 1. The zero-order valence-corrected chi connectivity index (χ0v) is 12.7. The van der Waals surface area contributed by atoms with Crippen LogP contribution in [-0.2, 0) is 0 Å². The molecule has 0 radical (unpaired) electrons. The highest BCUT2D eigenvalue weighted by atomic mass is 16.3. The minimum Gasteiger partial charge on any atom is -0.388 e. The molecule has 110 valence electrons. The van der Waals surface area contributed by atoms with E-state index in [1.54, 1.807) is 25.7 Å². The third-order valence-electron chi connectivity index (χ3n) is 4.40. The van der Waals surface area contributed by atoms with Gasteiger partial charge in [0.2, 0.25) is 0 Å². The maximum absolute atomic E-state index is 12.6. The lowest BCUT2D eigenvalue weighted by molar-refractivity contribution is -0.0108. The molecular weight excluding hydrogens is 256 g/mol. The standard InChI is InChI=1S/C15H22N2O3/c1-9-6-11(18)12(10(2)16-9)13(19)17-7-14(3,4)15(5,20)8-17/h6,20H,7-8H2,1-5H3,(H,16,18)/t15-/m0/s1. The monoisotopic (exact) mass is 278 g/mol. The number of rotatable bonds is 1. The number of carbonyl (C=O) groups is 1. The number of hydrogen-bond acceptors (Lipinski definition) is 3. The SMILES string of the molecule is Cc1cc(=O)c(C(=O)N2CC(C)(C)[C@@](C)(O)C2)c(C)[nH]1. The van der Waals surface area contributed by atoms with E-state index in [1.807, 2.05) is 13.8 Å². The number of nitrogens with one attached hydrogen (secondary N) is 1. The van der Waals surface area contributed by atoms with Gasteiger partial charge in [0, 0.05) is 29.4 Å². The summed E-state index contributed by atoms with van der Waals surface area (Å²) in [5, 5.41) is 10.4. The molecular formula is C15H22N2O3. The molecule has 5 heteroatoms. The Morgan fingerprint density at radius 2 is 1.90 bits per heavy atom. The van der Waals surface area contributed by atoms with Crippen LogP contribution in [0.5, 0.6) is 0 Å². The molecule has 5 nitrogen and oxygen atoms in total. The van der Waals surface area contributed by atoms with Gasteiger partial charge in [-0.2, -0.15) is 0 Å². The second-order valence-electron chi connectivity index (χ2n) is 6.64. The highest BCUT2D eigenvalue weighted by molar-refractivity contribution is 5.95. The Hall–Kier alpha value is -1.62. The average molecular weight is 278 g/mol. The molecule has 20 heavy (non-hydrogen) atoms. The number of carbonyl (C=O) groups excluding carboxylic acids is 1. The number of pyridine rings is 1. The van der Waals surface area contributed by atoms with E-state index in [0.717, 1.165) is 5.69 Å². The fourth-order valence-electron chi connectivity index (χ4n) is 2.70. The van der Waals surface area contributed by atoms with Gasteiger partial charge < -0.3 is 15.0 Å². The van der Waals surface area contributed by atoms with Crippen molar-refractivity contribution >= 4 is 5.91 Å². The molecule has 0 saturated carbocycles. The molecule has 0 bridgehead atoms. The Balaban J connectivity index is 2.38. The van der Waals surface area contributed by atoms with Crippen LogP contribution in [0, 0.1) is 19.3 Å². The minimum atomic E-state index is -0.950. The van der Waals surface area contributed by atoms with Crippen LogP contribution in [0.3, 0.4) is 0 Å². The lowest BCUT2D eigenvalue weighted by atomic mass is 9.79. The van der Waals surface area contributed by atoms with Gasteiger partial charge in [-0.25, -0.2) is 0 Å². The van der Waals surface area contributed by atoms with Crippen LogP contribution >= 0.6 is 0 Å². The summed E-state index contributed by atoms with van der Waals surface area (Å²) in [6.45, 7) is 9.76. The predicted octanol–water partition coefficient (Wildman–Crippen LogP) is 1.22. The number of aliphatic hydroxyl groups is 1. The number of aromatic nitrogens is 1. The summed E-state index contributed by atoms with van der Waals surface area (Å²) in [5.41, 5.74) is -0.137. The highest BCUT2D eigenvalue weighted by Gasteiger charge is 2.49. The van der Waals surface area contributed by atoms with Crippen LogP contribution in [0.1, 0.15) is 42.5 Å². The van der Waals surface area contributed by atoms with Gasteiger partial charge in [0.1, 0.15) is 5.56 Å². The molecule has 0 unspecified atom stereocenters. The van der Waals surface area contributed by atoms with Crippen molar-refractivity contribution in [2.75, 3.05) is 13.1 Å². The van der Waals surface area contributed by atoms with Crippen LogP contribution in [-0.4, -0.2) is 39.6 Å². The molecule has 1 fully saturated rings. The fourth-order valence-corrected chi connectivity index (χ4v) is 2.70.